The Morgan fingerprint density at radius 1 is 1.50 bits per heavy atom. The Balaban J connectivity index is 0.000000202. The van der Waals surface area contributed by atoms with Gasteiger partial charge in [0.15, 0.2) is 0 Å². The number of morpholine rings is 1. The van der Waals surface area contributed by atoms with E-state index in [4.69, 9.17) is 4.74 Å². The van der Waals surface area contributed by atoms with Crippen LogP contribution in [0.1, 0.15) is 13.8 Å². The van der Waals surface area contributed by atoms with Crippen molar-refractivity contribution in [3.8, 4) is 0 Å². The van der Waals surface area contributed by atoms with E-state index in [1.165, 1.54) is 6.92 Å². The molecule has 0 radical (unpaired) electrons. The number of ether oxygens (including phenoxy) is 2. The van der Waals surface area contributed by atoms with Crippen molar-refractivity contribution < 1.29 is 14.3 Å². The summed E-state index contributed by atoms with van der Waals surface area (Å²) in [6, 6.07) is 0. The summed E-state index contributed by atoms with van der Waals surface area (Å²) in [6.45, 7) is 7.49. The maximum Gasteiger partial charge on any atom is 0.302 e. The highest BCUT2D eigenvalue weighted by Crippen LogP contribution is 1.76. The van der Waals surface area contributed by atoms with Crippen LogP contribution in [0, 0.1) is 0 Å². The number of hydrogen-bond acceptors (Lipinski definition) is 4. The highest BCUT2D eigenvalue weighted by Gasteiger charge is 1.92. The lowest BCUT2D eigenvalue weighted by Gasteiger charge is -2.10. The zero-order valence-electron chi connectivity index (χ0n) is 7.76. The van der Waals surface area contributed by atoms with Crippen molar-refractivity contribution in [1.29, 1.82) is 0 Å². The average molecular weight is 175 g/mol. The monoisotopic (exact) mass is 175 g/mol. The van der Waals surface area contributed by atoms with Crippen molar-refractivity contribution in [3.05, 3.63) is 0 Å². The molecule has 0 atom stereocenters. The molecule has 1 fully saturated rings. The first kappa shape index (κ1) is 11.4. The van der Waals surface area contributed by atoms with Crippen molar-refractivity contribution in [2.75, 3.05) is 32.9 Å². The van der Waals surface area contributed by atoms with Crippen molar-refractivity contribution in [2.24, 2.45) is 0 Å². The molecule has 0 aliphatic carbocycles. The second-order valence-corrected chi connectivity index (χ2v) is 2.29. The summed E-state index contributed by atoms with van der Waals surface area (Å²) >= 11 is 0. The normalized spacial score (nSPS) is 15.8. The lowest BCUT2D eigenvalue weighted by molar-refractivity contribution is -0.140. The van der Waals surface area contributed by atoms with E-state index in [9.17, 15) is 4.79 Å². The third-order valence-corrected chi connectivity index (χ3v) is 1.19. The molecule has 0 spiro atoms. The summed E-state index contributed by atoms with van der Waals surface area (Å²) < 4.78 is 9.41. The Morgan fingerprint density at radius 3 is 2.17 bits per heavy atom. The fourth-order valence-corrected chi connectivity index (χ4v) is 0.719. The molecular weight excluding hydrogens is 158 g/mol. The highest BCUT2D eigenvalue weighted by atomic mass is 16.5. The van der Waals surface area contributed by atoms with Gasteiger partial charge in [0.05, 0.1) is 19.8 Å². The van der Waals surface area contributed by atoms with Crippen LogP contribution < -0.4 is 5.32 Å². The van der Waals surface area contributed by atoms with Crippen molar-refractivity contribution in [3.63, 3.8) is 0 Å². The zero-order chi connectivity index (χ0) is 9.23. The molecule has 4 heteroatoms. The zero-order valence-corrected chi connectivity index (χ0v) is 7.76. The molecule has 4 nitrogen and oxygen atoms in total. The van der Waals surface area contributed by atoms with Gasteiger partial charge in [0.2, 0.25) is 0 Å². The second-order valence-electron chi connectivity index (χ2n) is 2.29. The predicted molar refractivity (Wildman–Crippen MR) is 46.0 cm³/mol. The minimum atomic E-state index is -0.211. The summed E-state index contributed by atoms with van der Waals surface area (Å²) in [6.07, 6.45) is 0. The quantitative estimate of drug-likeness (QED) is 0.577. The number of carbonyl (C=O) groups is 1. The molecule has 72 valence electrons. The molecule has 0 saturated carbocycles. The van der Waals surface area contributed by atoms with E-state index in [1.54, 1.807) is 6.92 Å². The van der Waals surface area contributed by atoms with Gasteiger partial charge in [-0.2, -0.15) is 0 Å². The van der Waals surface area contributed by atoms with Gasteiger partial charge >= 0.3 is 5.97 Å². The van der Waals surface area contributed by atoms with Crippen molar-refractivity contribution in [2.45, 2.75) is 13.8 Å². The Labute approximate surface area is 73.2 Å². The largest absolute Gasteiger partial charge is 0.466 e. The molecule has 0 aromatic rings. The van der Waals surface area contributed by atoms with Crippen LogP contribution in [-0.2, 0) is 14.3 Å². The summed E-state index contributed by atoms with van der Waals surface area (Å²) in [7, 11) is 0. The van der Waals surface area contributed by atoms with Crippen molar-refractivity contribution >= 4 is 5.97 Å². The molecule has 0 aromatic carbocycles. The lowest BCUT2D eigenvalue weighted by atomic mass is 10.5. The van der Waals surface area contributed by atoms with Gasteiger partial charge in [0, 0.05) is 20.0 Å². The Bertz CT molecular complexity index is 101. The lowest BCUT2D eigenvalue weighted by Crippen LogP contribution is -2.30. The van der Waals surface area contributed by atoms with Crippen LogP contribution in [0.15, 0.2) is 0 Å². The SMILES string of the molecule is C1COCCN1.CCOC(C)=O. The van der Waals surface area contributed by atoms with Gasteiger partial charge in [-0.05, 0) is 6.92 Å². The molecule has 1 aliphatic rings. The molecule has 1 rings (SSSR count). The minimum Gasteiger partial charge on any atom is -0.466 e. The topological polar surface area (TPSA) is 47.6 Å². The van der Waals surface area contributed by atoms with E-state index < -0.39 is 0 Å². The van der Waals surface area contributed by atoms with Crippen LogP contribution in [0.2, 0.25) is 0 Å². The molecule has 1 heterocycles. The highest BCUT2D eigenvalue weighted by molar-refractivity contribution is 5.65. The fourth-order valence-electron chi connectivity index (χ4n) is 0.719. The van der Waals surface area contributed by atoms with Crippen LogP contribution in [0.25, 0.3) is 0 Å². The van der Waals surface area contributed by atoms with E-state index in [-0.39, 0.29) is 5.97 Å². The van der Waals surface area contributed by atoms with Crippen LogP contribution in [0.4, 0.5) is 0 Å². The third-order valence-electron chi connectivity index (χ3n) is 1.19. The molecule has 1 saturated heterocycles. The number of carbonyl (C=O) groups excluding carboxylic acids is 1. The van der Waals surface area contributed by atoms with Gasteiger partial charge in [-0.15, -0.1) is 0 Å². The van der Waals surface area contributed by atoms with Crippen molar-refractivity contribution in [1.82, 2.24) is 5.32 Å². The number of hydrogen-bond donors (Lipinski definition) is 1. The number of esters is 1. The maximum atomic E-state index is 9.82. The average Bonchev–Trinajstić information content (AvgIpc) is 2.08. The van der Waals surface area contributed by atoms with Crippen LogP contribution in [-0.4, -0.2) is 38.9 Å². The first-order valence-electron chi connectivity index (χ1n) is 4.19. The summed E-state index contributed by atoms with van der Waals surface area (Å²) in [5.74, 6) is -0.211. The third kappa shape index (κ3) is 9.39. The standard InChI is InChI=1S/C4H9NO.C4H8O2/c1-3-6-4-2-5-1;1-3-6-4(2)5/h5H,1-4H2;3H2,1-2H3. The molecule has 0 bridgehead atoms. The Kier molecular flexibility index (Phi) is 8.05. The van der Waals surface area contributed by atoms with Gasteiger partial charge in [0.1, 0.15) is 0 Å². The Morgan fingerprint density at radius 2 is 2.08 bits per heavy atom. The molecular formula is C8H17NO3. The van der Waals surface area contributed by atoms with E-state index in [0.29, 0.717) is 6.61 Å². The van der Waals surface area contributed by atoms with Crippen LogP contribution in [0.3, 0.4) is 0 Å². The van der Waals surface area contributed by atoms with E-state index >= 15 is 0 Å². The fraction of sp³-hybridized carbons (Fsp3) is 0.875. The summed E-state index contributed by atoms with van der Waals surface area (Å²) in [4.78, 5) is 9.82. The first-order chi connectivity index (χ1) is 5.77. The van der Waals surface area contributed by atoms with Crippen LogP contribution in [0.5, 0.6) is 0 Å². The van der Waals surface area contributed by atoms with Gasteiger partial charge in [-0.3, -0.25) is 4.79 Å². The maximum absolute atomic E-state index is 9.82. The van der Waals surface area contributed by atoms with E-state index in [2.05, 4.69) is 10.1 Å². The van der Waals surface area contributed by atoms with Gasteiger partial charge < -0.3 is 14.8 Å². The van der Waals surface area contributed by atoms with Gasteiger partial charge in [-0.1, -0.05) is 0 Å². The molecule has 0 amide bonds. The number of nitrogens with one attached hydrogen (secondary N) is 1. The minimum absolute atomic E-state index is 0.211. The second kappa shape index (κ2) is 8.49. The van der Waals surface area contributed by atoms with Gasteiger partial charge in [0.25, 0.3) is 0 Å². The molecule has 1 aliphatic heterocycles. The first-order valence-corrected chi connectivity index (χ1v) is 4.19. The van der Waals surface area contributed by atoms with Gasteiger partial charge in [-0.25, -0.2) is 0 Å². The molecule has 0 aromatic heterocycles. The summed E-state index contributed by atoms with van der Waals surface area (Å²) in [5, 5.41) is 3.16. The Hall–Kier alpha value is -0.610. The molecule has 0 unspecified atom stereocenters. The summed E-state index contributed by atoms with van der Waals surface area (Å²) in [5.41, 5.74) is 0. The van der Waals surface area contributed by atoms with E-state index in [0.717, 1.165) is 26.3 Å². The molecule has 1 N–H and O–H groups in total. The van der Waals surface area contributed by atoms with Crippen LogP contribution >= 0.6 is 0 Å². The van der Waals surface area contributed by atoms with E-state index in [1.807, 2.05) is 0 Å². The number of rotatable bonds is 1. The predicted octanol–water partition coefficient (Wildman–Crippen LogP) is 0.176. The smallest absolute Gasteiger partial charge is 0.302 e. The molecule has 12 heavy (non-hydrogen) atoms.